The summed E-state index contributed by atoms with van der Waals surface area (Å²) in [7, 11) is 0. The third-order valence-corrected chi connectivity index (χ3v) is 2.94. The summed E-state index contributed by atoms with van der Waals surface area (Å²) in [6.45, 7) is 4.97. The number of aliphatic carboxylic acids is 1. The summed E-state index contributed by atoms with van der Waals surface area (Å²) in [5.74, 6) is -0.808. The van der Waals surface area contributed by atoms with Crippen LogP contribution < -0.4 is 11.5 Å². The molecule has 24 heavy (non-hydrogen) atoms. The Bertz CT molecular complexity index is 488. The number of rotatable bonds is 8. The van der Waals surface area contributed by atoms with Gasteiger partial charge in [0.1, 0.15) is 11.8 Å². The first-order valence-electron chi connectivity index (χ1n) is 7.92. The lowest BCUT2D eigenvalue weighted by atomic mass is 10.1. The fourth-order valence-corrected chi connectivity index (χ4v) is 1.56. The summed E-state index contributed by atoms with van der Waals surface area (Å²) < 4.78 is 5.01. The Morgan fingerprint density at radius 1 is 1.17 bits per heavy atom. The topological polar surface area (TPSA) is 136 Å². The van der Waals surface area contributed by atoms with Gasteiger partial charge >= 0.3 is 11.9 Å². The van der Waals surface area contributed by atoms with E-state index in [0.717, 1.165) is 12.8 Å². The molecule has 1 aromatic carbocycles. The zero-order valence-electron chi connectivity index (χ0n) is 14.3. The molecule has 0 aromatic heterocycles. The molecule has 6 N–H and O–H groups in total. The minimum Gasteiger partial charge on any atom is -0.508 e. The maximum atomic E-state index is 11.4. The summed E-state index contributed by atoms with van der Waals surface area (Å²) >= 11 is 0. The van der Waals surface area contributed by atoms with Gasteiger partial charge < -0.3 is 26.4 Å². The molecule has 0 aliphatic carbocycles. The zero-order valence-corrected chi connectivity index (χ0v) is 14.3. The average molecular weight is 340 g/mol. The summed E-state index contributed by atoms with van der Waals surface area (Å²) in [4.78, 5) is 21.5. The molecule has 7 nitrogen and oxygen atoms in total. The molecule has 1 aromatic rings. The lowest BCUT2D eigenvalue weighted by Crippen LogP contribution is -2.29. The molecular weight excluding hydrogens is 312 g/mol. The second-order valence-corrected chi connectivity index (χ2v) is 5.77. The number of carbonyl (C=O) groups excluding carboxylic acids is 1. The van der Waals surface area contributed by atoms with E-state index in [1.54, 1.807) is 0 Å². The van der Waals surface area contributed by atoms with Crippen LogP contribution in [0.5, 0.6) is 5.75 Å². The molecular formula is C17H28N2O5. The minimum absolute atomic E-state index is 0.144. The number of hydrogen-bond donors (Lipinski definition) is 4. The van der Waals surface area contributed by atoms with Crippen molar-refractivity contribution in [2.75, 3.05) is 13.2 Å². The van der Waals surface area contributed by atoms with Gasteiger partial charge in [-0.15, -0.1) is 0 Å². The van der Waals surface area contributed by atoms with Crippen LogP contribution in [-0.4, -0.2) is 41.3 Å². The number of hydrogen-bond acceptors (Lipinski definition) is 6. The molecule has 0 bridgehead atoms. The van der Waals surface area contributed by atoms with Crippen LogP contribution in [0.2, 0.25) is 0 Å². The molecule has 1 rings (SSSR count). The van der Waals surface area contributed by atoms with Crippen LogP contribution in [0.15, 0.2) is 24.3 Å². The monoisotopic (exact) mass is 340 g/mol. The Morgan fingerprint density at radius 3 is 2.21 bits per heavy atom. The van der Waals surface area contributed by atoms with Crippen LogP contribution in [0.3, 0.4) is 0 Å². The Balaban J connectivity index is 0.000000470. The quantitative estimate of drug-likeness (QED) is 0.418. The highest BCUT2D eigenvalue weighted by atomic mass is 16.5. The first-order chi connectivity index (χ1) is 11.3. The van der Waals surface area contributed by atoms with Gasteiger partial charge in [-0.1, -0.05) is 20.3 Å². The smallest absolute Gasteiger partial charge is 0.338 e. The highest BCUT2D eigenvalue weighted by Gasteiger charge is 2.09. The van der Waals surface area contributed by atoms with Gasteiger partial charge in [0.05, 0.1) is 12.2 Å². The Labute approximate surface area is 142 Å². The van der Waals surface area contributed by atoms with Crippen LogP contribution in [0, 0.1) is 5.92 Å². The number of carboxylic acids is 1. The number of esters is 1. The number of carbonyl (C=O) groups is 2. The molecule has 1 atom stereocenters. The van der Waals surface area contributed by atoms with Gasteiger partial charge in [0.2, 0.25) is 0 Å². The highest BCUT2D eigenvalue weighted by molar-refractivity contribution is 5.89. The van der Waals surface area contributed by atoms with Crippen LogP contribution >= 0.6 is 0 Å². The van der Waals surface area contributed by atoms with E-state index in [4.69, 9.17) is 26.4 Å². The third-order valence-electron chi connectivity index (χ3n) is 2.94. The number of phenolic OH excluding ortho intramolecular Hbond substituents is 1. The number of aromatic hydroxyl groups is 1. The Kier molecular flexibility index (Phi) is 11.2. The number of ether oxygens (including phenoxy) is 1. The third kappa shape index (κ3) is 10.6. The predicted octanol–water partition coefficient (Wildman–Crippen LogP) is 1.73. The van der Waals surface area contributed by atoms with E-state index in [-0.39, 0.29) is 11.7 Å². The average Bonchev–Trinajstić information content (AvgIpc) is 2.54. The summed E-state index contributed by atoms with van der Waals surface area (Å²) in [6.07, 6.45) is 2.16. The molecule has 0 amide bonds. The van der Waals surface area contributed by atoms with Crippen molar-refractivity contribution in [3.05, 3.63) is 29.8 Å². The Hall–Kier alpha value is -2.12. The lowest BCUT2D eigenvalue weighted by Gasteiger charge is -2.06. The normalized spacial score (nSPS) is 11.4. The van der Waals surface area contributed by atoms with Crippen molar-refractivity contribution in [2.24, 2.45) is 17.4 Å². The summed E-state index contributed by atoms with van der Waals surface area (Å²) in [5, 5.41) is 17.3. The number of phenols is 1. The molecule has 0 aliphatic rings. The molecule has 0 radical (unpaired) electrons. The number of unbranched alkanes of at least 4 members (excludes halogenated alkanes) is 1. The lowest BCUT2D eigenvalue weighted by molar-refractivity contribution is -0.138. The van der Waals surface area contributed by atoms with E-state index in [2.05, 4.69) is 0 Å². The molecule has 136 valence electrons. The van der Waals surface area contributed by atoms with Crippen molar-refractivity contribution in [3.8, 4) is 5.75 Å². The van der Waals surface area contributed by atoms with E-state index in [1.807, 2.05) is 13.8 Å². The van der Waals surface area contributed by atoms with Crippen molar-refractivity contribution in [1.29, 1.82) is 0 Å². The van der Waals surface area contributed by atoms with Crippen molar-refractivity contribution < 1.29 is 24.5 Å². The Morgan fingerprint density at radius 2 is 1.75 bits per heavy atom. The molecule has 0 unspecified atom stereocenters. The minimum atomic E-state index is -0.933. The van der Waals surface area contributed by atoms with E-state index < -0.39 is 12.0 Å². The van der Waals surface area contributed by atoms with Gasteiger partial charge in [-0.05, 0) is 49.6 Å². The number of benzene rings is 1. The van der Waals surface area contributed by atoms with Crippen molar-refractivity contribution >= 4 is 11.9 Å². The van der Waals surface area contributed by atoms with E-state index in [1.165, 1.54) is 24.3 Å². The standard InChI is InChI=1S/C11H14O3.C6H14N2O2/c1-8(2)7-14-11(13)9-3-5-10(12)6-4-9;7-4-2-1-3-5(8)6(9)10/h3-6,8,12H,7H2,1-2H3;5H,1-4,7-8H2,(H,9,10)/t;5-/m.0/s1. The van der Waals surface area contributed by atoms with E-state index >= 15 is 0 Å². The van der Waals surface area contributed by atoms with Crippen LogP contribution in [0.1, 0.15) is 43.5 Å². The SMILES string of the molecule is CC(C)COC(=O)c1ccc(O)cc1.NCCCC[C@H](N)C(=O)O. The zero-order chi connectivity index (χ0) is 18.5. The largest absolute Gasteiger partial charge is 0.508 e. The fourth-order valence-electron chi connectivity index (χ4n) is 1.56. The molecule has 0 saturated carbocycles. The maximum absolute atomic E-state index is 11.4. The number of carboxylic acid groups (broad SMARTS) is 1. The van der Waals surface area contributed by atoms with Crippen LogP contribution in [0.25, 0.3) is 0 Å². The van der Waals surface area contributed by atoms with Crippen molar-refractivity contribution in [1.82, 2.24) is 0 Å². The second kappa shape index (κ2) is 12.3. The highest BCUT2D eigenvalue weighted by Crippen LogP contribution is 2.10. The van der Waals surface area contributed by atoms with Gasteiger partial charge in [-0.25, -0.2) is 4.79 Å². The fraction of sp³-hybridized carbons (Fsp3) is 0.529. The van der Waals surface area contributed by atoms with E-state index in [0.29, 0.717) is 31.1 Å². The first-order valence-corrected chi connectivity index (χ1v) is 7.92. The van der Waals surface area contributed by atoms with Gasteiger partial charge in [0, 0.05) is 0 Å². The first kappa shape index (κ1) is 21.9. The van der Waals surface area contributed by atoms with Gasteiger partial charge in [0.15, 0.2) is 0 Å². The van der Waals surface area contributed by atoms with Gasteiger partial charge in [-0.2, -0.15) is 0 Å². The van der Waals surface area contributed by atoms with Crippen LogP contribution in [-0.2, 0) is 9.53 Å². The van der Waals surface area contributed by atoms with Gasteiger partial charge in [-0.3, -0.25) is 4.79 Å². The van der Waals surface area contributed by atoms with Crippen LogP contribution in [0.4, 0.5) is 0 Å². The summed E-state index contributed by atoms with van der Waals surface area (Å²) in [5.41, 5.74) is 10.9. The molecule has 0 saturated heterocycles. The number of nitrogens with two attached hydrogens (primary N) is 2. The molecule has 0 fully saturated rings. The van der Waals surface area contributed by atoms with Crippen molar-refractivity contribution in [2.45, 2.75) is 39.2 Å². The molecule has 7 heteroatoms. The van der Waals surface area contributed by atoms with Gasteiger partial charge in [0.25, 0.3) is 0 Å². The molecule has 0 heterocycles. The van der Waals surface area contributed by atoms with Crippen molar-refractivity contribution in [3.63, 3.8) is 0 Å². The second-order valence-electron chi connectivity index (χ2n) is 5.77. The summed E-state index contributed by atoms with van der Waals surface area (Å²) in [6, 6.07) is 5.29. The predicted molar refractivity (Wildman–Crippen MR) is 91.7 cm³/mol. The molecule has 0 spiro atoms. The molecule has 0 aliphatic heterocycles. The maximum Gasteiger partial charge on any atom is 0.338 e. The van der Waals surface area contributed by atoms with E-state index in [9.17, 15) is 9.59 Å².